The molecule has 0 aromatic heterocycles. The van der Waals surface area contributed by atoms with E-state index in [9.17, 15) is 18.0 Å². The molecule has 0 saturated carbocycles. The van der Waals surface area contributed by atoms with Crippen LogP contribution >= 0.6 is 0 Å². The van der Waals surface area contributed by atoms with Gasteiger partial charge in [-0.05, 0) is 6.42 Å². The van der Waals surface area contributed by atoms with Gasteiger partial charge < -0.3 is 10.1 Å². The summed E-state index contributed by atoms with van der Waals surface area (Å²) in [6.07, 6.45) is -3.12. The highest BCUT2D eigenvalue weighted by molar-refractivity contribution is 5.88. The van der Waals surface area contributed by atoms with Gasteiger partial charge in [-0.15, -0.1) is 0 Å². The van der Waals surface area contributed by atoms with Crippen molar-refractivity contribution in [2.45, 2.75) is 31.5 Å². The van der Waals surface area contributed by atoms with Crippen molar-refractivity contribution < 1.29 is 22.7 Å². The molecule has 1 atom stereocenters. The van der Waals surface area contributed by atoms with Gasteiger partial charge >= 0.3 is 6.18 Å². The van der Waals surface area contributed by atoms with Crippen LogP contribution in [0, 0.1) is 0 Å². The molecule has 0 aromatic carbocycles. The lowest BCUT2D eigenvalue weighted by Crippen LogP contribution is -2.47. The normalized spacial score (nSPS) is 26.0. The zero-order valence-corrected chi connectivity index (χ0v) is 7.78. The van der Waals surface area contributed by atoms with Gasteiger partial charge in [-0.25, -0.2) is 0 Å². The lowest BCUT2D eigenvalue weighted by Gasteiger charge is -2.15. The lowest BCUT2D eigenvalue weighted by molar-refractivity contribution is -0.189. The number of ether oxygens (including phenoxy) is 1. The van der Waals surface area contributed by atoms with Gasteiger partial charge in [0, 0.05) is 6.54 Å². The first kappa shape index (κ1) is 11.3. The first-order valence-corrected chi connectivity index (χ1v) is 4.43. The van der Waals surface area contributed by atoms with Crippen LogP contribution in [0.15, 0.2) is 0 Å². The SMILES string of the molecule is CCCCNC(=O)[C@@]1(C(F)(F)F)CO1. The Hall–Kier alpha value is -0.780. The van der Waals surface area contributed by atoms with Crippen molar-refractivity contribution >= 4 is 5.91 Å². The number of epoxide rings is 1. The quantitative estimate of drug-likeness (QED) is 0.561. The van der Waals surface area contributed by atoms with Crippen molar-refractivity contribution in [3.8, 4) is 0 Å². The Labute approximate surface area is 79.6 Å². The molecule has 1 N–H and O–H groups in total. The van der Waals surface area contributed by atoms with Crippen LogP contribution in [0.25, 0.3) is 0 Å². The van der Waals surface area contributed by atoms with Crippen molar-refractivity contribution in [3.63, 3.8) is 0 Å². The average Bonchev–Trinajstić information content (AvgIpc) is 2.82. The summed E-state index contributed by atoms with van der Waals surface area (Å²) in [6, 6.07) is 0. The van der Waals surface area contributed by atoms with E-state index in [4.69, 9.17) is 0 Å². The summed E-state index contributed by atoms with van der Waals surface area (Å²) in [5, 5.41) is 2.21. The number of amides is 1. The standard InChI is InChI=1S/C8H12F3NO2/c1-2-3-4-12-6(13)7(5-14-7)8(9,10)11/h2-5H2,1H3,(H,12,13)/t7-/m1/s1. The van der Waals surface area contributed by atoms with Gasteiger partial charge in [0.05, 0.1) is 6.61 Å². The fourth-order valence-corrected chi connectivity index (χ4v) is 1.02. The van der Waals surface area contributed by atoms with Gasteiger partial charge in [-0.3, -0.25) is 4.79 Å². The van der Waals surface area contributed by atoms with Crippen LogP contribution in [0.4, 0.5) is 13.2 Å². The highest BCUT2D eigenvalue weighted by Crippen LogP contribution is 2.43. The second kappa shape index (κ2) is 3.76. The zero-order valence-electron chi connectivity index (χ0n) is 7.78. The number of halogens is 3. The number of carbonyl (C=O) groups is 1. The van der Waals surface area contributed by atoms with Crippen molar-refractivity contribution in [1.82, 2.24) is 5.32 Å². The molecule has 0 aromatic rings. The number of rotatable bonds is 4. The van der Waals surface area contributed by atoms with Crippen LogP contribution < -0.4 is 5.32 Å². The van der Waals surface area contributed by atoms with Gasteiger partial charge in [-0.1, -0.05) is 13.3 Å². The van der Waals surface area contributed by atoms with Gasteiger partial charge in [0.1, 0.15) is 0 Å². The van der Waals surface area contributed by atoms with Gasteiger partial charge in [0.2, 0.25) is 0 Å². The Balaban J connectivity index is 2.45. The molecule has 0 unspecified atom stereocenters. The Morgan fingerprint density at radius 2 is 2.14 bits per heavy atom. The molecule has 0 spiro atoms. The van der Waals surface area contributed by atoms with Crippen LogP contribution in [0.3, 0.4) is 0 Å². The molecule has 1 amide bonds. The van der Waals surface area contributed by atoms with Crippen LogP contribution in [0.2, 0.25) is 0 Å². The fraction of sp³-hybridized carbons (Fsp3) is 0.875. The van der Waals surface area contributed by atoms with E-state index in [1.54, 1.807) is 0 Å². The molecule has 1 rings (SSSR count). The number of hydrogen-bond acceptors (Lipinski definition) is 2. The van der Waals surface area contributed by atoms with Gasteiger partial charge in [-0.2, -0.15) is 13.2 Å². The first-order valence-electron chi connectivity index (χ1n) is 4.43. The molecular weight excluding hydrogens is 199 g/mol. The minimum atomic E-state index is -4.61. The Morgan fingerprint density at radius 3 is 2.50 bits per heavy atom. The van der Waals surface area contributed by atoms with Crippen molar-refractivity contribution in [2.24, 2.45) is 0 Å². The molecule has 1 heterocycles. The predicted molar refractivity (Wildman–Crippen MR) is 42.7 cm³/mol. The molecule has 0 radical (unpaired) electrons. The number of nitrogens with one attached hydrogen (secondary N) is 1. The van der Waals surface area contributed by atoms with Crippen LogP contribution in [-0.2, 0) is 9.53 Å². The van der Waals surface area contributed by atoms with E-state index in [0.29, 0.717) is 6.42 Å². The first-order chi connectivity index (χ1) is 6.44. The summed E-state index contributed by atoms with van der Waals surface area (Å²) in [6.45, 7) is 1.59. The predicted octanol–water partition coefficient (Wildman–Crippen LogP) is 1.23. The van der Waals surface area contributed by atoms with Crippen molar-refractivity contribution in [2.75, 3.05) is 13.2 Å². The summed E-state index contributed by atoms with van der Waals surface area (Å²) in [4.78, 5) is 11.1. The van der Waals surface area contributed by atoms with Crippen LogP contribution in [-0.4, -0.2) is 30.8 Å². The van der Waals surface area contributed by atoms with Gasteiger partial charge in [0.15, 0.2) is 0 Å². The summed E-state index contributed by atoms with van der Waals surface area (Å²) < 4.78 is 41.0. The van der Waals surface area contributed by atoms with Crippen LogP contribution in [0.1, 0.15) is 19.8 Å². The molecular formula is C8H12F3NO2. The van der Waals surface area contributed by atoms with Gasteiger partial charge in [0.25, 0.3) is 11.5 Å². The maximum absolute atomic E-state index is 12.3. The molecule has 82 valence electrons. The maximum Gasteiger partial charge on any atom is 0.428 e. The fourth-order valence-electron chi connectivity index (χ4n) is 1.02. The second-order valence-electron chi connectivity index (χ2n) is 3.22. The summed E-state index contributed by atoms with van der Waals surface area (Å²) in [5.41, 5.74) is -2.55. The van der Waals surface area contributed by atoms with E-state index in [1.165, 1.54) is 0 Å². The molecule has 1 aliphatic rings. The number of alkyl halides is 3. The summed E-state index contributed by atoms with van der Waals surface area (Å²) in [5.74, 6) is -1.07. The molecule has 6 heteroatoms. The second-order valence-corrected chi connectivity index (χ2v) is 3.22. The molecule has 3 nitrogen and oxygen atoms in total. The number of carbonyl (C=O) groups excluding carboxylic acids is 1. The van der Waals surface area contributed by atoms with Crippen molar-refractivity contribution in [1.29, 1.82) is 0 Å². The Bertz CT molecular complexity index is 223. The highest BCUT2D eigenvalue weighted by Gasteiger charge is 2.71. The molecule has 1 saturated heterocycles. The molecule has 0 aliphatic carbocycles. The van der Waals surface area contributed by atoms with Crippen molar-refractivity contribution in [3.05, 3.63) is 0 Å². The summed E-state index contributed by atoms with van der Waals surface area (Å²) in [7, 11) is 0. The van der Waals surface area contributed by atoms with E-state index >= 15 is 0 Å². The van der Waals surface area contributed by atoms with E-state index in [0.717, 1.165) is 6.42 Å². The number of unbranched alkanes of at least 4 members (excludes halogenated alkanes) is 1. The average molecular weight is 211 g/mol. The van der Waals surface area contributed by atoms with E-state index < -0.39 is 24.3 Å². The van der Waals surface area contributed by atoms with E-state index in [2.05, 4.69) is 10.1 Å². The Morgan fingerprint density at radius 1 is 1.57 bits per heavy atom. The monoisotopic (exact) mass is 211 g/mol. The van der Waals surface area contributed by atoms with E-state index in [-0.39, 0.29) is 6.54 Å². The zero-order chi connectivity index (χ0) is 10.8. The van der Waals surface area contributed by atoms with Crippen LogP contribution in [0.5, 0.6) is 0 Å². The molecule has 0 bridgehead atoms. The molecule has 1 aliphatic heterocycles. The largest absolute Gasteiger partial charge is 0.428 e. The third-order valence-corrected chi connectivity index (χ3v) is 2.07. The third kappa shape index (κ3) is 2.00. The number of hydrogen-bond donors (Lipinski definition) is 1. The molecule has 14 heavy (non-hydrogen) atoms. The Kier molecular flexibility index (Phi) is 3.04. The smallest absolute Gasteiger partial charge is 0.353 e. The molecule has 1 fully saturated rings. The minimum Gasteiger partial charge on any atom is -0.353 e. The highest BCUT2D eigenvalue weighted by atomic mass is 19.4. The minimum absolute atomic E-state index is 0.260. The third-order valence-electron chi connectivity index (χ3n) is 2.07. The summed E-state index contributed by atoms with van der Waals surface area (Å²) >= 11 is 0. The topological polar surface area (TPSA) is 41.6 Å². The lowest BCUT2D eigenvalue weighted by atomic mass is 10.1. The maximum atomic E-state index is 12.3. The van der Waals surface area contributed by atoms with E-state index in [1.807, 2.05) is 6.92 Å².